The second-order valence-corrected chi connectivity index (χ2v) is 7.35. The summed E-state index contributed by atoms with van der Waals surface area (Å²) >= 11 is 5.92. The fourth-order valence-corrected chi connectivity index (χ4v) is 2.33. The molecule has 0 fully saturated rings. The van der Waals surface area contributed by atoms with Crippen LogP contribution in [0.2, 0.25) is 5.02 Å². The highest BCUT2D eigenvalue weighted by molar-refractivity contribution is 6.30. The van der Waals surface area contributed by atoms with Gasteiger partial charge in [-0.3, -0.25) is 4.79 Å². The van der Waals surface area contributed by atoms with Gasteiger partial charge in [0.05, 0.1) is 5.92 Å². The third kappa shape index (κ3) is 7.12. The van der Waals surface area contributed by atoms with E-state index in [1.165, 1.54) is 0 Å². The topological polar surface area (TPSA) is 68.3 Å². The molecule has 140 valence electrons. The van der Waals surface area contributed by atoms with Crippen molar-refractivity contribution in [3.8, 4) is 11.8 Å². The van der Waals surface area contributed by atoms with Gasteiger partial charge in [0.15, 0.2) is 0 Å². The summed E-state index contributed by atoms with van der Waals surface area (Å²) < 4.78 is 4.97. The predicted octanol–water partition coefficient (Wildman–Crippen LogP) is 4.31. The molecule has 0 radical (unpaired) electrons. The first-order valence-electron chi connectivity index (χ1n) is 8.44. The van der Waals surface area contributed by atoms with E-state index in [9.17, 15) is 9.59 Å². The average molecular weight is 385 g/mol. The lowest BCUT2D eigenvalue weighted by Crippen LogP contribution is -2.42. The lowest BCUT2D eigenvalue weighted by Gasteiger charge is -2.20. The smallest absolute Gasteiger partial charge is 0.376 e. The van der Waals surface area contributed by atoms with E-state index in [2.05, 4.69) is 22.1 Å². The zero-order valence-electron chi connectivity index (χ0n) is 15.5. The fourth-order valence-electron chi connectivity index (χ4n) is 2.21. The average Bonchev–Trinajstić information content (AvgIpc) is 2.59. The number of pyridine rings is 1. The molecular formula is C21H21ClN2O3. The highest BCUT2D eigenvalue weighted by Crippen LogP contribution is 2.23. The van der Waals surface area contributed by atoms with Gasteiger partial charge < -0.3 is 10.1 Å². The summed E-state index contributed by atoms with van der Waals surface area (Å²) in [5, 5.41) is 3.15. The number of esters is 1. The number of hydrogen-bond acceptors (Lipinski definition) is 4. The number of hydrogen-bond donors (Lipinski definition) is 1. The van der Waals surface area contributed by atoms with Gasteiger partial charge >= 0.3 is 12.1 Å². The van der Waals surface area contributed by atoms with Crippen molar-refractivity contribution in [2.24, 2.45) is 0 Å². The van der Waals surface area contributed by atoms with Gasteiger partial charge in [-0.2, -0.15) is 0 Å². The fraction of sp³-hybridized carbons (Fsp3) is 0.286. The Bertz CT molecular complexity index is 847. The third-order valence-corrected chi connectivity index (χ3v) is 3.67. The van der Waals surface area contributed by atoms with Crippen molar-refractivity contribution in [3.63, 3.8) is 0 Å². The van der Waals surface area contributed by atoms with Gasteiger partial charge in [0.25, 0.3) is 0 Å². The summed E-state index contributed by atoms with van der Waals surface area (Å²) in [5.41, 5.74) is 0.765. The van der Waals surface area contributed by atoms with E-state index in [4.69, 9.17) is 16.3 Å². The van der Waals surface area contributed by atoms with Gasteiger partial charge in [-0.25, -0.2) is 9.78 Å². The van der Waals surface area contributed by atoms with Crippen LogP contribution in [0.25, 0.3) is 0 Å². The summed E-state index contributed by atoms with van der Waals surface area (Å²) in [6.07, 6.45) is 1.04. The van der Waals surface area contributed by atoms with Crippen molar-refractivity contribution < 1.29 is 14.3 Å². The Kier molecular flexibility index (Phi) is 6.98. The Balaban J connectivity index is 2.17. The molecule has 0 bridgehead atoms. The number of halogens is 1. The molecule has 0 aliphatic carbocycles. The number of ether oxygens (including phenoxy) is 1. The molecule has 1 aromatic carbocycles. The maximum atomic E-state index is 12.6. The second-order valence-electron chi connectivity index (χ2n) is 6.91. The van der Waals surface area contributed by atoms with E-state index < -0.39 is 23.5 Å². The van der Waals surface area contributed by atoms with Crippen molar-refractivity contribution in [1.82, 2.24) is 10.3 Å². The molecule has 0 saturated heterocycles. The van der Waals surface area contributed by atoms with Crippen molar-refractivity contribution >= 4 is 23.7 Å². The first kappa shape index (κ1) is 20.5. The van der Waals surface area contributed by atoms with Crippen LogP contribution in [-0.4, -0.2) is 22.6 Å². The highest BCUT2D eigenvalue weighted by Gasteiger charge is 2.25. The number of carbonyl (C=O) groups excluding carboxylic acids is 2. The Labute approximate surface area is 164 Å². The number of nitrogens with zero attached hydrogens (tertiary/aromatic N) is 1. The van der Waals surface area contributed by atoms with Crippen LogP contribution in [0.15, 0.2) is 48.7 Å². The molecule has 1 heterocycles. The molecule has 2 aromatic rings. The van der Waals surface area contributed by atoms with E-state index in [-0.39, 0.29) is 6.42 Å². The quantitative estimate of drug-likeness (QED) is 0.486. The van der Waals surface area contributed by atoms with Gasteiger partial charge in [0.1, 0.15) is 5.69 Å². The van der Waals surface area contributed by atoms with E-state index in [1.54, 1.807) is 63.4 Å². The van der Waals surface area contributed by atoms with Crippen molar-refractivity contribution in [2.45, 2.75) is 38.6 Å². The summed E-state index contributed by atoms with van der Waals surface area (Å²) in [6.45, 7) is 5.40. The molecule has 27 heavy (non-hydrogen) atoms. The van der Waals surface area contributed by atoms with Crippen LogP contribution in [0.4, 0.5) is 4.79 Å². The normalized spacial score (nSPS) is 11.7. The SMILES string of the molecule is CC(C)(C)NC(=O)OC(=O)C(CC#Cc1ccccn1)c1ccc(Cl)cc1. The molecule has 1 aromatic heterocycles. The van der Waals surface area contributed by atoms with Crippen LogP contribution < -0.4 is 5.32 Å². The maximum Gasteiger partial charge on any atom is 0.415 e. The van der Waals surface area contributed by atoms with E-state index >= 15 is 0 Å². The Hall–Kier alpha value is -2.84. The van der Waals surface area contributed by atoms with Gasteiger partial charge in [0, 0.05) is 23.2 Å². The van der Waals surface area contributed by atoms with Gasteiger partial charge in [-0.05, 0) is 56.5 Å². The molecule has 1 amide bonds. The van der Waals surface area contributed by atoms with Crippen molar-refractivity contribution in [2.75, 3.05) is 0 Å². The third-order valence-electron chi connectivity index (χ3n) is 3.41. The number of rotatable bonds is 3. The number of benzene rings is 1. The van der Waals surface area contributed by atoms with Gasteiger partial charge in [-0.15, -0.1) is 0 Å². The lowest BCUT2D eigenvalue weighted by molar-refractivity contribution is -0.139. The zero-order valence-corrected chi connectivity index (χ0v) is 16.2. The lowest BCUT2D eigenvalue weighted by atomic mass is 9.96. The van der Waals surface area contributed by atoms with Crippen LogP contribution in [-0.2, 0) is 9.53 Å². The standard InChI is InChI=1S/C21H21ClN2O3/c1-21(2,3)24-20(26)27-19(25)18(15-10-12-16(22)13-11-15)9-6-8-17-7-4-5-14-23-17/h4-5,7,10-14,18H,9H2,1-3H3,(H,24,26). The number of nitrogens with one attached hydrogen (secondary N) is 1. The van der Waals surface area contributed by atoms with Gasteiger partial charge in [0.2, 0.25) is 0 Å². The number of carbonyl (C=O) groups is 2. The van der Waals surface area contributed by atoms with E-state index in [0.717, 1.165) is 0 Å². The maximum absolute atomic E-state index is 12.6. The number of alkyl carbamates (subject to hydrolysis) is 1. The summed E-state index contributed by atoms with van der Waals surface area (Å²) in [7, 11) is 0. The molecule has 1 atom stereocenters. The summed E-state index contributed by atoms with van der Waals surface area (Å²) in [6, 6.07) is 12.2. The first-order valence-corrected chi connectivity index (χ1v) is 8.81. The van der Waals surface area contributed by atoms with Crippen LogP contribution in [0, 0.1) is 11.8 Å². The molecule has 0 spiro atoms. The highest BCUT2D eigenvalue weighted by atomic mass is 35.5. The summed E-state index contributed by atoms with van der Waals surface area (Å²) in [5.74, 6) is 4.46. The molecule has 5 nitrogen and oxygen atoms in total. The predicted molar refractivity (Wildman–Crippen MR) is 104 cm³/mol. The van der Waals surface area contributed by atoms with Crippen LogP contribution >= 0.6 is 11.6 Å². The first-order chi connectivity index (χ1) is 12.7. The summed E-state index contributed by atoms with van der Waals surface area (Å²) in [4.78, 5) is 28.6. The van der Waals surface area contributed by atoms with Crippen LogP contribution in [0.5, 0.6) is 0 Å². The van der Waals surface area contributed by atoms with Gasteiger partial charge in [-0.1, -0.05) is 35.7 Å². The molecule has 0 aliphatic rings. The van der Waals surface area contributed by atoms with Crippen LogP contribution in [0.3, 0.4) is 0 Å². The van der Waals surface area contributed by atoms with Crippen LogP contribution in [0.1, 0.15) is 44.4 Å². The van der Waals surface area contributed by atoms with E-state index in [1.807, 2.05) is 6.07 Å². The second kappa shape index (κ2) is 9.20. The molecule has 1 N–H and O–H groups in total. The minimum Gasteiger partial charge on any atom is -0.376 e. The molecule has 2 rings (SSSR count). The molecular weight excluding hydrogens is 364 g/mol. The van der Waals surface area contributed by atoms with E-state index in [0.29, 0.717) is 16.3 Å². The minimum absolute atomic E-state index is 0.180. The molecule has 0 saturated carbocycles. The molecule has 0 aliphatic heterocycles. The monoisotopic (exact) mass is 384 g/mol. The number of amides is 1. The zero-order chi connectivity index (χ0) is 19.9. The molecule has 6 heteroatoms. The van der Waals surface area contributed by atoms with Crippen molar-refractivity contribution in [3.05, 3.63) is 64.9 Å². The Morgan fingerprint density at radius 3 is 2.48 bits per heavy atom. The molecule has 1 unspecified atom stereocenters. The minimum atomic E-state index is -0.788. The largest absolute Gasteiger partial charge is 0.415 e. The Morgan fingerprint density at radius 1 is 1.19 bits per heavy atom. The van der Waals surface area contributed by atoms with Crippen molar-refractivity contribution in [1.29, 1.82) is 0 Å². The number of aromatic nitrogens is 1. The Morgan fingerprint density at radius 2 is 1.89 bits per heavy atom.